The van der Waals surface area contributed by atoms with Crippen LogP contribution in [-0.2, 0) is 148 Å². The summed E-state index contributed by atoms with van der Waals surface area (Å²) in [5, 5.41) is 12.3. The molecule has 5 unspecified atom stereocenters. The van der Waals surface area contributed by atoms with E-state index in [1.807, 2.05) is 307 Å². The first-order chi connectivity index (χ1) is 66.4. The van der Waals surface area contributed by atoms with Gasteiger partial charge in [-0.15, -0.1) is 0 Å². The van der Waals surface area contributed by atoms with Gasteiger partial charge in [-0.1, -0.05) is 243 Å². The number of amides is 4. The zero-order valence-corrected chi connectivity index (χ0v) is 80.0. The van der Waals surface area contributed by atoms with E-state index in [1.165, 1.54) is 0 Å². The largest absolute Gasteiger partial charge is 0.461 e. The van der Waals surface area contributed by atoms with Crippen molar-refractivity contribution < 1.29 is 95.4 Å². The van der Waals surface area contributed by atoms with Gasteiger partial charge in [0.1, 0.15) is 52.9 Å². The first-order valence-corrected chi connectivity index (χ1v) is 47.5. The summed E-state index contributed by atoms with van der Waals surface area (Å²) < 4.78 is 45.1. The van der Waals surface area contributed by atoms with Crippen LogP contribution in [0.15, 0.2) is 243 Å². The Balaban J connectivity index is 1.000. The third-order valence-electron chi connectivity index (χ3n) is 23.3. The van der Waals surface area contributed by atoms with Gasteiger partial charge in [0.25, 0.3) is 0 Å². The van der Waals surface area contributed by atoms with Crippen LogP contribution in [0.3, 0.4) is 0 Å². The van der Waals surface area contributed by atoms with Gasteiger partial charge in [-0.3, -0.25) is 82.0 Å². The molecule has 5 atom stereocenters. The van der Waals surface area contributed by atoms with Crippen LogP contribution in [0.2, 0.25) is 0 Å². The van der Waals surface area contributed by atoms with Crippen LogP contribution in [0, 0.1) is 0 Å². The monoisotopic (exact) mass is 1880 g/mol. The Hall–Kier alpha value is -12.8. The molecule has 0 aliphatic heterocycles. The number of ether oxygens (including phenoxy) is 8. The standard InChI is InChI=1S/C107H138N10O20/c1-83(113(62-50-100(122)130-75-88-30-14-6-15-31-88)63-51-101(123)131-76-89-32-16-7-17-33-89)70-108-96(118)46-58-112(59-47-97(119)109-71-84(2)114(64-52-102(124)132-77-90-34-18-8-19-35-90)65-53-103(125)133-78-91-36-20-9-21-37-91)74-87(5)117(60-48-98(120)110-72-85(3)115(66-54-104(126)134-79-92-38-22-10-23-39-92)67-55-105(127)135-80-93-40-24-11-25-41-93)61-49-99(121)111-73-86(4)116(68-56-106(128)136-81-94-42-26-12-27-43-94)69-57-107(129)137-82-95-44-28-13-29-45-95/h6-45,83-87H,46-82H2,1-5H3,(H,108,118)(H,109,119)(H,110,120)(H,111,121). The van der Waals surface area contributed by atoms with Gasteiger partial charge in [0, 0.05) is 167 Å². The molecular formula is C107H138N10O20. The van der Waals surface area contributed by atoms with Crippen LogP contribution in [0.4, 0.5) is 0 Å². The second-order valence-electron chi connectivity index (χ2n) is 34.1. The zero-order chi connectivity index (χ0) is 97.8. The van der Waals surface area contributed by atoms with Gasteiger partial charge >= 0.3 is 47.8 Å². The number of nitrogens with zero attached hydrogens (tertiary/aromatic N) is 6. The molecule has 8 aromatic rings. The summed E-state index contributed by atoms with van der Waals surface area (Å²) in [5.41, 5.74) is 6.57. The van der Waals surface area contributed by atoms with Gasteiger partial charge in [0.2, 0.25) is 23.6 Å². The maximum Gasteiger partial charge on any atom is 0.307 e. The number of hydrogen-bond donors (Lipinski definition) is 4. The molecule has 8 aromatic carbocycles. The first kappa shape index (κ1) is 109. The van der Waals surface area contributed by atoms with Crippen molar-refractivity contribution in [1.29, 1.82) is 0 Å². The molecule has 0 radical (unpaired) electrons. The lowest BCUT2D eigenvalue weighted by molar-refractivity contribution is -0.147. The van der Waals surface area contributed by atoms with Crippen molar-refractivity contribution in [3.63, 3.8) is 0 Å². The van der Waals surface area contributed by atoms with Crippen molar-refractivity contribution in [2.24, 2.45) is 0 Å². The van der Waals surface area contributed by atoms with Gasteiger partial charge in [-0.25, -0.2) is 0 Å². The summed E-state index contributed by atoms with van der Waals surface area (Å²) in [6.45, 7) is 12.8. The minimum atomic E-state index is -0.475. The van der Waals surface area contributed by atoms with Crippen molar-refractivity contribution in [2.75, 3.05) is 111 Å². The molecule has 0 saturated heterocycles. The van der Waals surface area contributed by atoms with Crippen molar-refractivity contribution in [3.8, 4) is 0 Å². The summed E-state index contributed by atoms with van der Waals surface area (Å²) in [5.74, 6) is -4.94. The molecule has 8 rings (SSSR count). The molecule has 0 heterocycles. The maximum absolute atomic E-state index is 14.5. The van der Waals surface area contributed by atoms with E-state index in [9.17, 15) is 57.5 Å². The molecule has 0 aliphatic carbocycles. The Labute approximate surface area is 806 Å². The van der Waals surface area contributed by atoms with E-state index in [1.54, 1.807) is 0 Å². The van der Waals surface area contributed by atoms with Gasteiger partial charge in [0.15, 0.2) is 0 Å². The van der Waals surface area contributed by atoms with E-state index in [0.717, 1.165) is 44.5 Å². The topological polar surface area (TPSA) is 346 Å². The fourth-order valence-corrected chi connectivity index (χ4v) is 14.8. The smallest absolute Gasteiger partial charge is 0.307 e. The summed E-state index contributed by atoms with van der Waals surface area (Å²) >= 11 is 0. The van der Waals surface area contributed by atoms with Crippen LogP contribution in [0.25, 0.3) is 0 Å². The second-order valence-corrected chi connectivity index (χ2v) is 34.1. The molecule has 0 fully saturated rings. The molecule has 0 aromatic heterocycles. The molecule has 0 aliphatic rings. The highest BCUT2D eigenvalue weighted by Crippen LogP contribution is 2.17. The van der Waals surface area contributed by atoms with E-state index < -0.39 is 78.0 Å². The van der Waals surface area contributed by atoms with Crippen LogP contribution in [0.1, 0.15) is 156 Å². The van der Waals surface area contributed by atoms with Crippen LogP contribution in [0.5, 0.6) is 0 Å². The molecule has 0 bridgehead atoms. The predicted octanol–water partition coefficient (Wildman–Crippen LogP) is 11.8. The number of rotatable bonds is 67. The van der Waals surface area contributed by atoms with Gasteiger partial charge in [-0.05, 0) is 79.1 Å². The molecule has 30 heteroatoms. The third-order valence-corrected chi connectivity index (χ3v) is 23.3. The van der Waals surface area contributed by atoms with Gasteiger partial charge in [0.05, 0.1) is 51.4 Å². The normalized spacial score (nSPS) is 12.3. The highest BCUT2D eigenvalue weighted by molar-refractivity contribution is 5.78. The Morgan fingerprint density at radius 3 is 0.496 bits per heavy atom. The molecule has 30 nitrogen and oxygen atoms in total. The quantitative estimate of drug-likeness (QED) is 0.0203. The number of benzene rings is 8. The summed E-state index contributed by atoms with van der Waals surface area (Å²) in [7, 11) is 0. The number of esters is 8. The van der Waals surface area contributed by atoms with E-state index in [2.05, 4.69) is 21.3 Å². The highest BCUT2D eigenvalue weighted by Gasteiger charge is 2.28. The van der Waals surface area contributed by atoms with Crippen LogP contribution < -0.4 is 21.3 Å². The lowest BCUT2D eigenvalue weighted by Crippen LogP contribution is -2.48. The molecule has 137 heavy (non-hydrogen) atoms. The Bertz CT molecular complexity index is 4330. The average Bonchev–Trinajstić information content (AvgIpc) is 0.890. The van der Waals surface area contributed by atoms with Crippen molar-refractivity contribution in [3.05, 3.63) is 287 Å². The lowest BCUT2D eigenvalue weighted by atomic mass is 10.1. The molecule has 4 amide bonds. The van der Waals surface area contributed by atoms with Crippen molar-refractivity contribution in [2.45, 2.75) is 195 Å². The van der Waals surface area contributed by atoms with E-state index in [4.69, 9.17) is 37.9 Å². The fraction of sp³-hybridized carbons (Fsp3) is 0.439. The molecular weight excluding hydrogens is 1750 g/mol. The minimum Gasteiger partial charge on any atom is -0.461 e. The van der Waals surface area contributed by atoms with Gasteiger partial charge < -0.3 is 64.1 Å². The first-order valence-electron chi connectivity index (χ1n) is 47.5. The number of nitrogens with one attached hydrogen (secondary N) is 4. The van der Waals surface area contributed by atoms with Crippen LogP contribution >= 0.6 is 0 Å². The summed E-state index contributed by atoms with van der Waals surface area (Å²) in [4.78, 5) is 176. The zero-order valence-electron chi connectivity index (χ0n) is 80.0. The Morgan fingerprint density at radius 2 is 0.336 bits per heavy atom. The Morgan fingerprint density at radius 1 is 0.197 bits per heavy atom. The minimum absolute atomic E-state index is 0.00941. The second kappa shape index (κ2) is 64.2. The number of hydrogen-bond acceptors (Lipinski definition) is 26. The van der Waals surface area contributed by atoms with Crippen molar-refractivity contribution >= 4 is 71.4 Å². The van der Waals surface area contributed by atoms with Gasteiger partial charge in [-0.2, -0.15) is 0 Å². The molecule has 0 saturated carbocycles. The highest BCUT2D eigenvalue weighted by atomic mass is 16.6. The molecule has 4 N–H and O–H groups in total. The number of carbonyl (C=O) groups is 12. The fourth-order valence-electron chi connectivity index (χ4n) is 14.8. The summed E-state index contributed by atoms with van der Waals surface area (Å²) in [6.07, 6.45) is -0.323. The van der Waals surface area contributed by atoms with E-state index in [-0.39, 0.29) is 265 Å². The average molecular weight is 1880 g/mol. The van der Waals surface area contributed by atoms with E-state index in [0.29, 0.717) is 0 Å². The SMILES string of the molecule is CC(CNC(=O)CCN(CCC(=O)NCC(C)N(CCC(=O)OCc1ccccc1)CCC(=O)OCc1ccccc1)CC(C)N(CCC(=O)NCC(C)N(CCC(=O)OCc1ccccc1)CCC(=O)OCc1ccccc1)CCC(=O)NCC(C)N(CCC(=O)OCc1ccccc1)CCC(=O)OCc1ccccc1)N(CCC(=O)OCc1ccccc1)CCC(=O)OCc1ccccc1. The molecule has 0 spiro atoms. The number of carbonyl (C=O) groups excluding carboxylic acids is 12. The maximum atomic E-state index is 14.5. The van der Waals surface area contributed by atoms with E-state index >= 15 is 0 Å². The van der Waals surface area contributed by atoms with Crippen LogP contribution in [-0.4, -0.2) is 242 Å². The lowest BCUT2D eigenvalue weighted by Gasteiger charge is -2.34. The summed E-state index contributed by atoms with van der Waals surface area (Å²) in [6, 6.07) is 72.3. The Kier molecular flexibility index (Phi) is 51.3. The van der Waals surface area contributed by atoms with Crippen molar-refractivity contribution in [1.82, 2.24) is 50.7 Å². The molecule has 736 valence electrons. The third kappa shape index (κ3) is 47.5. The predicted molar refractivity (Wildman–Crippen MR) is 519 cm³/mol.